The molecule has 1 aliphatic rings. The number of fused-ring (bicyclic) bond motifs is 3. The number of rotatable bonds is 2. The highest BCUT2D eigenvalue weighted by molar-refractivity contribution is 6.00. The van der Waals surface area contributed by atoms with Crippen molar-refractivity contribution in [3.63, 3.8) is 0 Å². The fraction of sp³-hybridized carbons (Fsp3) is 0.500. The highest BCUT2D eigenvalue weighted by Crippen LogP contribution is 2.39. The molecule has 0 spiro atoms. The Labute approximate surface area is 127 Å². The predicted octanol–water partition coefficient (Wildman–Crippen LogP) is 2.18. The maximum Gasteiger partial charge on any atom is 0.326 e. The summed E-state index contributed by atoms with van der Waals surface area (Å²) in [7, 11) is 0. The van der Waals surface area contributed by atoms with Crippen LogP contribution in [-0.4, -0.2) is 31.2 Å². The summed E-state index contributed by atoms with van der Waals surface area (Å²) in [6.45, 7) is 2.29. The normalized spacial score (nSPS) is 26.0. The monoisotopic (exact) mass is 300 g/mol. The van der Waals surface area contributed by atoms with Crippen LogP contribution < -0.4 is 5.69 Å². The minimum absolute atomic E-state index is 0.0282. The number of aliphatic hydroxyl groups is 1. The van der Waals surface area contributed by atoms with Crippen LogP contribution in [0.4, 0.5) is 0 Å². The van der Waals surface area contributed by atoms with Gasteiger partial charge in [-0.25, -0.2) is 9.78 Å². The van der Waals surface area contributed by atoms with Gasteiger partial charge in [0.1, 0.15) is 5.65 Å². The molecule has 3 aromatic rings. The summed E-state index contributed by atoms with van der Waals surface area (Å²) in [5, 5.41) is 10.7. The first-order chi connectivity index (χ1) is 10.7. The van der Waals surface area contributed by atoms with Crippen molar-refractivity contribution in [1.29, 1.82) is 0 Å². The number of aliphatic hydroxyl groups excluding tert-OH is 1. The van der Waals surface area contributed by atoms with Gasteiger partial charge in [-0.15, -0.1) is 0 Å². The number of nitrogens with one attached hydrogen (secondary N) is 2. The van der Waals surface area contributed by atoms with Gasteiger partial charge in [0, 0.05) is 30.1 Å². The average Bonchev–Trinajstić information content (AvgIpc) is 3.10. The van der Waals surface area contributed by atoms with Crippen molar-refractivity contribution in [2.45, 2.75) is 32.2 Å². The van der Waals surface area contributed by atoms with E-state index in [1.807, 2.05) is 16.8 Å². The smallest absolute Gasteiger partial charge is 0.326 e. The molecule has 4 rings (SSSR count). The third kappa shape index (κ3) is 1.83. The molecule has 1 saturated carbocycles. The lowest BCUT2D eigenvalue weighted by molar-refractivity contribution is 0.103. The minimum Gasteiger partial charge on any atom is -0.396 e. The van der Waals surface area contributed by atoms with Crippen LogP contribution in [0.2, 0.25) is 0 Å². The molecule has 0 radical (unpaired) electrons. The van der Waals surface area contributed by atoms with Crippen LogP contribution in [0.5, 0.6) is 0 Å². The summed E-state index contributed by atoms with van der Waals surface area (Å²) >= 11 is 0. The molecule has 1 aliphatic carbocycles. The SMILES string of the molecule is CC1CCC[C@@H](CO)C1n1c(=O)[nH]c2cnc3[nH]ccc3c21. The van der Waals surface area contributed by atoms with Crippen LogP contribution in [0.3, 0.4) is 0 Å². The van der Waals surface area contributed by atoms with E-state index in [1.165, 1.54) is 0 Å². The highest BCUT2D eigenvalue weighted by Gasteiger charge is 2.34. The summed E-state index contributed by atoms with van der Waals surface area (Å²) in [5.41, 5.74) is 2.33. The molecule has 3 atom stereocenters. The number of pyridine rings is 1. The summed E-state index contributed by atoms with van der Waals surface area (Å²) < 4.78 is 1.86. The third-order valence-electron chi connectivity index (χ3n) is 5.09. The fourth-order valence-corrected chi connectivity index (χ4v) is 4.08. The second kappa shape index (κ2) is 4.98. The maximum absolute atomic E-state index is 12.6. The van der Waals surface area contributed by atoms with Crippen molar-refractivity contribution in [2.75, 3.05) is 6.61 Å². The number of nitrogens with zero attached hydrogens (tertiary/aromatic N) is 2. The van der Waals surface area contributed by atoms with E-state index >= 15 is 0 Å². The van der Waals surface area contributed by atoms with Crippen molar-refractivity contribution in [3.8, 4) is 0 Å². The Kier molecular flexibility index (Phi) is 3.07. The zero-order valence-electron chi connectivity index (χ0n) is 12.5. The molecule has 6 nitrogen and oxygen atoms in total. The van der Waals surface area contributed by atoms with E-state index in [9.17, 15) is 9.90 Å². The molecule has 116 valence electrons. The predicted molar refractivity (Wildman–Crippen MR) is 84.8 cm³/mol. The van der Waals surface area contributed by atoms with Crippen molar-refractivity contribution in [1.82, 2.24) is 19.5 Å². The second-order valence-corrected chi connectivity index (χ2v) is 6.40. The Morgan fingerprint density at radius 3 is 3.14 bits per heavy atom. The largest absolute Gasteiger partial charge is 0.396 e. The van der Waals surface area contributed by atoms with Gasteiger partial charge in [-0.1, -0.05) is 13.3 Å². The van der Waals surface area contributed by atoms with Gasteiger partial charge in [0.2, 0.25) is 0 Å². The lowest BCUT2D eigenvalue weighted by Crippen LogP contribution is -2.36. The summed E-state index contributed by atoms with van der Waals surface area (Å²) in [4.78, 5) is 23.0. The molecule has 22 heavy (non-hydrogen) atoms. The Morgan fingerprint density at radius 2 is 2.32 bits per heavy atom. The molecule has 2 unspecified atom stereocenters. The summed E-state index contributed by atoms with van der Waals surface area (Å²) in [5.74, 6) is 0.493. The Bertz CT molecular complexity index is 875. The molecule has 6 heteroatoms. The van der Waals surface area contributed by atoms with E-state index in [1.54, 1.807) is 6.20 Å². The lowest BCUT2D eigenvalue weighted by atomic mass is 9.78. The van der Waals surface area contributed by atoms with Crippen molar-refractivity contribution in [3.05, 3.63) is 28.9 Å². The van der Waals surface area contributed by atoms with Crippen molar-refractivity contribution >= 4 is 22.1 Å². The van der Waals surface area contributed by atoms with E-state index in [0.29, 0.717) is 5.92 Å². The lowest BCUT2D eigenvalue weighted by Gasteiger charge is -2.36. The van der Waals surface area contributed by atoms with Crippen molar-refractivity contribution in [2.24, 2.45) is 11.8 Å². The molecule has 3 N–H and O–H groups in total. The third-order valence-corrected chi connectivity index (χ3v) is 5.09. The standard InChI is InChI=1S/C16H20N4O2/c1-9-3-2-4-10(8-21)13(9)20-14-11-5-6-17-15(11)18-7-12(14)19-16(20)22/h5-7,9-10,13,21H,2-4,8H2,1H3,(H,17,18)(H,19,22)/t9?,10-,13?/m0/s1. The molecule has 0 bridgehead atoms. The first-order valence-corrected chi connectivity index (χ1v) is 7.88. The van der Waals surface area contributed by atoms with Crippen LogP contribution in [0, 0.1) is 11.8 Å². The number of aromatic amines is 2. The maximum atomic E-state index is 12.6. The van der Waals surface area contributed by atoms with Crippen LogP contribution in [0.25, 0.3) is 22.1 Å². The molecule has 3 heterocycles. The van der Waals surface area contributed by atoms with E-state index < -0.39 is 0 Å². The number of hydrogen-bond acceptors (Lipinski definition) is 3. The van der Waals surface area contributed by atoms with Gasteiger partial charge in [-0.05, 0) is 24.8 Å². The number of imidazole rings is 1. The van der Waals surface area contributed by atoms with Gasteiger partial charge in [0.25, 0.3) is 0 Å². The number of aromatic nitrogens is 4. The first-order valence-electron chi connectivity index (χ1n) is 7.88. The Balaban J connectivity index is 2.02. The molecular formula is C16H20N4O2. The van der Waals surface area contributed by atoms with Gasteiger partial charge in [-0.3, -0.25) is 4.57 Å². The summed E-state index contributed by atoms with van der Waals surface area (Å²) in [6, 6.07) is 1.98. The first kappa shape index (κ1) is 13.6. The molecule has 3 aromatic heterocycles. The molecular weight excluding hydrogens is 280 g/mol. The number of hydrogen-bond donors (Lipinski definition) is 3. The number of H-pyrrole nitrogens is 2. The van der Waals surface area contributed by atoms with E-state index in [-0.39, 0.29) is 24.3 Å². The van der Waals surface area contributed by atoms with Gasteiger partial charge >= 0.3 is 5.69 Å². The van der Waals surface area contributed by atoms with Crippen LogP contribution >= 0.6 is 0 Å². The topological polar surface area (TPSA) is 86.7 Å². The van der Waals surface area contributed by atoms with Crippen molar-refractivity contribution < 1.29 is 5.11 Å². The average molecular weight is 300 g/mol. The fourth-order valence-electron chi connectivity index (χ4n) is 4.08. The van der Waals surface area contributed by atoms with Gasteiger partial charge < -0.3 is 15.1 Å². The van der Waals surface area contributed by atoms with Crippen LogP contribution in [0.1, 0.15) is 32.2 Å². The zero-order chi connectivity index (χ0) is 15.3. The van der Waals surface area contributed by atoms with Crippen LogP contribution in [0.15, 0.2) is 23.3 Å². The van der Waals surface area contributed by atoms with E-state index in [0.717, 1.165) is 41.3 Å². The van der Waals surface area contributed by atoms with E-state index in [4.69, 9.17) is 0 Å². The van der Waals surface area contributed by atoms with Gasteiger partial charge in [-0.2, -0.15) is 0 Å². The van der Waals surface area contributed by atoms with Gasteiger partial charge in [0.05, 0.1) is 17.2 Å². The highest BCUT2D eigenvalue weighted by atomic mass is 16.3. The molecule has 0 aromatic carbocycles. The molecule has 0 aliphatic heterocycles. The quantitative estimate of drug-likeness (QED) is 0.678. The molecule has 0 amide bonds. The zero-order valence-corrected chi connectivity index (χ0v) is 12.5. The Hall–Kier alpha value is -2.08. The second-order valence-electron chi connectivity index (χ2n) is 6.40. The molecule has 0 saturated heterocycles. The van der Waals surface area contributed by atoms with Crippen LogP contribution in [-0.2, 0) is 0 Å². The van der Waals surface area contributed by atoms with Gasteiger partial charge in [0.15, 0.2) is 0 Å². The summed E-state index contributed by atoms with van der Waals surface area (Å²) in [6.07, 6.45) is 6.70. The Morgan fingerprint density at radius 1 is 1.45 bits per heavy atom. The molecule has 1 fully saturated rings. The minimum atomic E-state index is -0.109. The van der Waals surface area contributed by atoms with E-state index in [2.05, 4.69) is 21.9 Å².